The Kier molecular flexibility index (Phi) is 8.99. The average Bonchev–Trinajstić information content (AvgIpc) is 2.79. The lowest BCUT2D eigenvalue weighted by Gasteiger charge is -2.48. The highest BCUT2D eigenvalue weighted by molar-refractivity contribution is 5.01. The molecule has 0 radical (unpaired) electrons. The Labute approximate surface area is 189 Å². The summed E-state index contributed by atoms with van der Waals surface area (Å²) in [7, 11) is 0. The van der Waals surface area contributed by atoms with Gasteiger partial charge in [-0.3, -0.25) is 0 Å². The summed E-state index contributed by atoms with van der Waals surface area (Å²) in [6.45, 7) is -0.763. The molecule has 0 bridgehead atoms. The second-order valence-electron chi connectivity index (χ2n) is 8.79. The van der Waals surface area contributed by atoms with Crippen molar-refractivity contribution in [3.63, 3.8) is 0 Å². The van der Waals surface area contributed by atoms with Crippen molar-refractivity contribution in [3.8, 4) is 0 Å². The van der Waals surface area contributed by atoms with E-state index in [1.807, 2.05) is 0 Å². The number of hydrogen-bond acceptors (Lipinski definition) is 15. The summed E-state index contributed by atoms with van der Waals surface area (Å²) < 4.78 is 22.2. The van der Waals surface area contributed by atoms with Gasteiger partial charge in [-0.25, -0.2) is 0 Å². The Bertz CT molecular complexity index is 584. The van der Waals surface area contributed by atoms with Crippen LogP contribution in [0.1, 0.15) is 6.42 Å². The Morgan fingerprint density at radius 1 is 0.667 bits per heavy atom. The fourth-order valence-corrected chi connectivity index (χ4v) is 4.40. The topological polar surface area (TPSA) is 283 Å². The zero-order valence-electron chi connectivity index (χ0n) is 17.9. The predicted octanol–water partition coefficient (Wildman–Crippen LogP) is -7.29. The SMILES string of the molecule is NC[C@@H]1O[C@@H](O[C@H]2[C@H](O)[C@H](O[C@@H]3O[C@H](CO)[C@H](O)[C@H](N)[C@H]3O)[C@@H](N)C[C@H]2N)[C@@H](O)[C@@H](O)[C@H]1O. The zero-order chi connectivity index (χ0) is 24.6. The molecule has 1 saturated carbocycles. The van der Waals surface area contributed by atoms with Gasteiger partial charge in [-0.05, 0) is 6.42 Å². The molecular formula is C18H36N4O11. The first-order valence-electron chi connectivity index (χ1n) is 10.8. The first-order valence-corrected chi connectivity index (χ1v) is 10.8. The third-order valence-electron chi connectivity index (χ3n) is 6.48. The maximum atomic E-state index is 10.9. The van der Waals surface area contributed by atoms with E-state index in [9.17, 15) is 35.7 Å². The maximum absolute atomic E-state index is 10.9. The van der Waals surface area contributed by atoms with Gasteiger partial charge in [-0.15, -0.1) is 0 Å². The van der Waals surface area contributed by atoms with Crippen molar-refractivity contribution < 1.29 is 54.7 Å². The van der Waals surface area contributed by atoms with Crippen molar-refractivity contribution in [2.75, 3.05) is 13.2 Å². The fraction of sp³-hybridized carbons (Fsp3) is 1.00. The molecule has 3 aliphatic rings. The van der Waals surface area contributed by atoms with Gasteiger partial charge < -0.3 is 77.6 Å². The van der Waals surface area contributed by atoms with Crippen LogP contribution in [0, 0.1) is 0 Å². The van der Waals surface area contributed by atoms with Crippen molar-refractivity contribution >= 4 is 0 Å². The molecule has 194 valence electrons. The number of nitrogens with two attached hydrogens (primary N) is 4. The maximum Gasteiger partial charge on any atom is 0.187 e. The fourth-order valence-electron chi connectivity index (χ4n) is 4.40. The molecule has 15 heteroatoms. The van der Waals surface area contributed by atoms with E-state index in [1.165, 1.54) is 0 Å². The molecule has 2 saturated heterocycles. The van der Waals surface area contributed by atoms with E-state index >= 15 is 0 Å². The minimum absolute atomic E-state index is 0.0849. The lowest BCUT2D eigenvalue weighted by atomic mass is 9.84. The van der Waals surface area contributed by atoms with E-state index in [-0.39, 0.29) is 13.0 Å². The van der Waals surface area contributed by atoms with Gasteiger partial charge in [0.2, 0.25) is 0 Å². The summed E-state index contributed by atoms with van der Waals surface area (Å²) in [6.07, 6.45) is -16.5. The van der Waals surface area contributed by atoms with Crippen LogP contribution in [0.4, 0.5) is 0 Å². The summed E-state index contributed by atoms with van der Waals surface area (Å²) in [4.78, 5) is 0. The van der Waals surface area contributed by atoms with E-state index in [4.69, 9.17) is 41.9 Å². The van der Waals surface area contributed by atoms with Crippen molar-refractivity contribution in [2.45, 2.75) is 98.2 Å². The summed E-state index contributed by atoms with van der Waals surface area (Å²) in [5.41, 5.74) is 23.5. The molecule has 2 heterocycles. The number of aliphatic hydroxyl groups is 7. The highest BCUT2D eigenvalue weighted by atomic mass is 16.7. The van der Waals surface area contributed by atoms with E-state index < -0.39 is 98.4 Å². The zero-order valence-corrected chi connectivity index (χ0v) is 17.9. The molecule has 1 aliphatic carbocycles. The normalized spacial score (nSPS) is 53.7. The van der Waals surface area contributed by atoms with Crippen LogP contribution in [0.2, 0.25) is 0 Å². The van der Waals surface area contributed by atoms with E-state index in [2.05, 4.69) is 0 Å². The smallest absolute Gasteiger partial charge is 0.187 e. The van der Waals surface area contributed by atoms with Gasteiger partial charge >= 0.3 is 0 Å². The Hall–Kier alpha value is -0.600. The van der Waals surface area contributed by atoms with Crippen LogP contribution >= 0.6 is 0 Å². The molecule has 15 nitrogen and oxygen atoms in total. The van der Waals surface area contributed by atoms with Gasteiger partial charge in [0.15, 0.2) is 12.6 Å². The lowest BCUT2D eigenvalue weighted by molar-refractivity contribution is -0.332. The third-order valence-corrected chi connectivity index (χ3v) is 6.48. The predicted molar refractivity (Wildman–Crippen MR) is 108 cm³/mol. The molecule has 0 unspecified atom stereocenters. The number of aliphatic hydroxyl groups excluding tert-OH is 7. The van der Waals surface area contributed by atoms with Gasteiger partial charge in [0.05, 0.1) is 12.6 Å². The quantitative estimate of drug-likeness (QED) is 0.167. The molecule has 33 heavy (non-hydrogen) atoms. The second-order valence-corrected chi connectivity index (χ2v) is 8.79. The molecule has 15 atom stereocenters. The minimum Gasteiger partial charge on any atom is -0.394 e. The molecule has 0 aromatic heterocycles. The first kappa shape index (κ1) is 27.0. The summed E-state index contributed by atoms with van der Waals surface area (Å²) >= 11 is 0. The summed E-state index contributed by atoms with van der Waals surface area (Å²) in [5, 5.41) is 70.9. The first-order chi connectivity index (χ1) is 15.5. The molecule has 3 rings (SSSR count). The van der Waals surface area contributed by atoms with Crippen molar-refractivity contribution in [1.29, 1.82) is 0 Å². The average molecular weight is 485 g/mol. The minimum atomic E-state index is -1.66. The van der Waals surface area contributed by atoms with Crippen LogP contribution in [0.15, 0.2) is 0 Å². The molecule has 0 aromatic carbocycles. The van der Waals surface area contributed by atoms with Crippen molar-refractivity contribution in [1.82, 2.24) is 0 Å². The molecule has 15 N–H and O–H groups in total. The number of ether oxygens (including phenoxy) is 4. The standard InChI is InChI=1S/C18H36N4O11/c19-2-6-10(25)12(27)13(28)18(30-6)33-16-5(21)1-4(20)15(14(16)29)32-17-11(26)8(22)9(24)7(3-23)31-17/h4-18,23-29H,1-3,19-22H2/t4-,5+,6-,7+,8-,9-,10-,11+,12-,13-,14+,15+,16+,17-,18-/m0/s1. The molecule has 2 aliphatic heterocycles. The molecule has 0 aromatic rings. The van der Waals surface area contributed by atoms with Crippen molar-refractivity contribution in [3.05, 3.63) is 0 Å². The molecule has 0 amide bonds. The number of hydrogen-bond donors (Lipinski definition) is 11. The van der Waals surface area contributed by atoms with E-state index in [0.29, 0.717) is 0 Å². The van der Waals surface area contributed by atoms with Gasteiger partial charge in [0, 0.05) is 18.6 Å². The summed E-state index contributed by atoms with van der Waals surface area (Å²) in [5.74, 6) is 0. The lowest BCUT2D eigenvalue weighted by Crippen LogP contribution is -2.68. The van der Waals surface area contributed by atoms with Gasteiger partial charge in [-0.2, -0.15) is 0 Å². The highest BCUT2D eigenvalue weighted by Crippen LogP contribution is 2.31. The van der Waals surface area contributed by atoms with Crippen LogP contribution in [-0.2, 0) is 18.9 Å². The van der Waals surface area contributed by atoms with Gasteiger partial charge in [-0.1, -0.05) is 0 Å². The van der Waals surface area contributed by atoms with Crippen LogP contribution < -0.4 is 22.9 Å². The van der Waals surface area contributed by atoms with Crippen LogP contribution in [-0.4, -0.2) is 141 Å². The van der Waals surface area contributed by atoms with Crippen molar-refractivity contribution in [2.24, 2.45) is 22.9 Å². The van der Waals surface area contributed by atoms with Gasteiger partial charge in [0.1, 0.15) is 61.0 Å². The second kappa shape index (κ2) is 11.0. The Morgan fingerprint density at radius 2 is 1.18 bits per heavy atom. The Morgan fingerprint density at radius 3 is 1.70 bits per heavy atom. The molecular weight excluding hydrogens is 448 g/mol. The molecule has 0 spiro atoms. The largest absolute Gasteiger partial charge is 0.394 e. The Balaban J connectivity index is 1.72. The molecule has 3 fully saturated rings. The summed E-state index contributed by atoms with van der Waals surface area (Å²) in [6, 6.07) is -2.86. The van der Waals surface area contributed by atoms with Crippen LogP contribution in [0.25, 0.3) is 0 Å². The third kappa shape index (κ3) is 5.32. The van der Waals surface area contributed by atoms with Crippen LogP contribution in [0.5, 0.6) is 0 Å². The van der Waals surface area contributed by atoms with Gasteiger partial charge in [0.25, 0.3) is 0 Å². The van der Waals surface area contributed by atoms with Crippen LogP contribution in [0.3, 0.4) is 0 Å². The van der Waals surface area contributed by atoms with E-state index in [1.54, 1.807) is 0 Å². The number of rotatable bonds is 6. The van der Waals surface area contributed by atoms with E-state index in [0.717, 1.165) is 0 Å². The monoisotopic (exact) mass is 484 g/mol. The highest BCUT2D eigenvalue weighted by Gasteiger charge is 2.51.